The average Bonchev–Trinajstić information content (AvgIpc) is 2.60. The van der Waals surface area contributed by atoms with Crippen LogP contribution in [-0.4, -0.2) is 20.9 Å². The molecule has 0 atom stereocenters. The van der Waals surface area contributed by atoms with E-state index in [0.717, 1.165) is 6.07 Å². The summed E-state index contributed by atoms with van der Waals surface area (Å²) in [5.41, 5.74) is 2.45. The van der Waals surface area contributed by atoms with E-state index in [2.05, 4.69) is 0 Å². The first-order valence-electron chi connectivity index (χ1n) is 6.70. The van der Waals surface area contributed by atoms with Gasteiger partial charge in [-0.3, -0.25) is 10.2 Å². The number of ether oxygens (including phenoxy) is 1. The second kappa shape index (κ2) is 8.18. The summed E-state index contributed by atoms with van der Waals surface area (Å²) in [4.78, 5) is 13.3. The van der Waals surface area contributed by atoms with Crippen LogP contribution in [0, 0.1) is 11.3 Å². The normalized spacial score (nSPS) is 10.8. The number of nitriles is 1. The predicted molar refractivity (Wildman–Crippen MR) is 91.6 cm³/mol. The van der Waals surface area contributed by atoms with Crippen LogP contribution >= 0.6 is 23.2 Å². The standard InChI is InChI=1S/C15H11Cl2N3O4S/c16-11-3-6-13(17)14(7-11)25(22,23)20-19-15(21)9-24-12-4-1-10(8-18)2-5-12/h1-7,20H,9H2,(H,19,21). The van der Waals surface area contributed by atoms with Crippen molar-refractivity contribution in [1.82, 2.24) is 10.3 Å². The molecule has 7 nitrogen and oxygen atoms in total. The second-order valence-corrected chi connectivity index (χ2v) is 7.15. The van der Waals surface area contributed by atoms with Gasteiger partial charge in [0, 0.05) is 5.02 Å². The van der Waals surface area contributed by atoms with Crippen LogP contribution in [0.2, 0.25) is 10.0 Å². The number of hydrogen-bond acceptors (Lipinski definition) is 5. The van der Waals surface area contributed by atoms with Crippen LogP contribution in [0.5, 0.6) is 5.75 Å². The molecule has 0 aliphatic carbocycles. The molecule has 2 rings (SSSR count). The molecule has 0 fully saturated rings. The molecule has 0 saturated heterocycles. The summed E-state index contributed by atoms with van der Waals surface area (Å²) in [6.45, 7) is -0.433. The first kappa shape index (κ1) is 19.0. The summed E-state index contributed by atoms with van der Waals surface area (Å²) in [6.07, 6.45) is 0. The van der Waals surface area contributed by atoms with E-state index in [4.69, 9.17) is 33.2 Å². The molecule has 0 unspecified atom stereocenters. The molecule has 25 heavy (non-hydrogen) atoms. The van der Waals surface area contributed by atoms with Gasteiger partial charge in [0.05, 0.1) is 16.7 Å². The maximum absolute atomic E-state index is 12.1. The number of carbonyl (C=O) groups excluding carboxylic acids is 1. The smallest absolute Gasteiger partial charge is 0.272 e. The number of sulfonamides is 1. The summed E-state index contributed by atoms with van der Waals surface area (Å²) in [5.74, 6) is -0.374. The van der Waals surface area contributed by atoms with Crippen LogP contribution in [0.15, 0.2) is 47.4 Å². The molecule has 2 aromatic carbocycles. The molecule has 0 heterocycles. The fourth-order valence-electron chi connectivity index (χ4n) is 1.67. The number of halogens is 2. The van der Waals surface area contributed by atoms with Crippen molar-refractivity contribution in [3.8, 4) is 11.8 Å². The van der Waals surface area contributed by atoms with Crippen LogP contribution in [-0.2, 0) is 14.8 Å². The van der Waals surface area contributed by atoms with Crippen molar-refractivity contribution in [2.45, 2.75) is 4.90 Å². The summed E-state index contributed by atoms with van der Waals surface area (Å²) < 4.78 is 29.4. The molecule has 2 N–H and O–H groups in total. The molecule has 0 spiro atoms. The van der Waals surface area contributed by atoms with Crippen molar-refractivity contribution < 1.29 is 17.9 Å². The number of nitrogens with one attached hydrogen (secondary N) is 2. The number of hydrazine groups is 1. The SMILES string of the molecule is N#Cc1ccc(OCC(=O)NNS(=O)(=O)c2cc(Cl)ccc2Cl)cc1. The van der Waals surface area contributed by atoms with E-state index in [1.165, 1.54) is 36.4 Å². The Morgan fingerprint density at radius 2 is 1.84 bits per heavy atom. The summed E-state index contributed by atoms with van der Waals surface area (Å²) in [5, 5.41) is 8.82. The molecular formula is C15H11Cl2N3O4S. The minimum absolute atomic E-state index is 0.0417. The molecule has 2 aromatic rings. The highest BCUT2D eigenvalue weighted by molar-refractivity contribution is 7.89. The van der Waals surface area contributed by atoms with Crippen molar-refractivity contribution in [2.24, 2.45) is 0 Å². The third-order valence-corrected chi connectivity index (χ3v) is 4.83. The van der Waals surface area contributed by atoms with Gasteiger partial charge in [0.25, 0.3) is 15.9 Å². The lowest BCUT2D eigenvalue weighted by molar-refractivity contribution is -0.123. The number of benzene rings is 2. The van der Waals surface area contributed by atoms with E-state index in [9.17, 15) is 13.2 Å². The van der Waals surface area contributed by atoms with Gasteiger partial charge in [0.1, 0.15) is 10.6 Å². The van der Waals surface area contributed by atoms with Gasteiger partial charge in [0.2, 0.25) is 0 Å². The number of hydrogen-bond donors (Lipinski definition) is 2. The molecule has 0 saturated carbocycles. The third-order valence-electron chi connectivity index (χ3n) is 2.86. The Bertz CT molecular complexity index is 925. The molecular weight excluding hydrogens is 389 g/mol. The Morgan fingerprint density at radius 3 is 2.48 bits per heavy atom. The quantitative estimate of drug-likeness (QED) is 0.724. The number of carbonyl (C=O) groups is 1. The van der Waals surface area contributed by atoms with Gasteiger partial charge in [-0.2, -0.15) is 5.26 Å². The first-order valence-corrected chi connectivity index (χ1v) is 8.94. The summed E-state index contributed by atoms with van der Waals surface area (Å²) in [7, 11) is -4.09. The fourth-order valence-corrected chi connectivity index (χ4v) is 3.30. The largest absolute Gasteiger partial charge is 0.484 e. The van der Waals surface area contributed by atoms with Crippen LogP contribution in [0.1, 0.15) is 5.56 Å². The summed E-state index contributed by atoms with van der Waals surface area (Å²) >= 11 is 11.6. The molecule has 10 heteroatoms. The van der Waals surface area contributed by atoms with Crippen molar-refractivity contribution in [3.63, 3.8) is 0 Å². The van der Waals surface area contributed by atoms with E-state index in [1.54, 1.807) is 0 Å². The van der Waals surface area contributed by atoms with Crippen molar-refractivity contribution in [3.05, 3.63) is 58.1 Å². The Kier molecular flexibility index (Phi) is 6.22. The van der Waals surface area contributed by atoms with E-state index in [0.29, 0.717) is 11.3 Å². The Labute approximate surface area is 154 Å². The zero-order valence-corrected chi connectivity index (χ0v) is 14.8. The lowest BCUT2D eigenvalue weighted by Crippen LogP contribution is -2.43. The second-order valence-electron chi connectivity index (χ2n) is 4.65. The van der Waals surface area contributed by atoms with E-state index in [1.807, 2.05) is 16.3 Å². The van der Waals surface area contributed by atoms with Crippen LogP contribution in [0.4, 0.5) is 0 Å². The minimum atomic E-state index is -4.09. The van der Waals surface area contributed by atoms with E-state index < -0.39 is 22.5 Å². The highest BCUT2D eigenvalue weighted by atomic mass is 35.5. The predicted octanol–water partition coefficient (Wildman–Crippen LogP) is 2.25. The topological polar surface area (TPSA) is 108 Å². The van der Waals surface area contributed by atoms with Crippen molar-refractivity contribution in [2.75, 3.05) is 6.61 Å². The van der Waals surface area contributed by atoms with E-state index in [-0.39, 0.29) is 14.9 Å². The number of rotatable bonds is 6. The van der Waals surface area contributed by atoms with Gasteiger partial charge in [-0.25, -0.2) is 8.42 Å². The van der Waals surface area contributed by atoms with Crippen LogP contribution in [0.3, 0.4) is 0 Å². The number of amides is 1. The zero-order valence-electron chi connectivity index (χ0n) is 12.5. The Hall–Kier alpha value is -2.31. The molecule has 0 aliphatic rings. The van der Waals surface area contributed by atoms with Crippen molar-refractivity contribution in [1.29, 1.82) is 5.26 Å². The highest BCUT2D eigenvalue weighted by Crippen LogP contribution is 2.24. The van der Waals surface area contributed by atoms with Gasteiger partial charge in [-0.1, -0.05) is 23.2 Å². The van der Waals surface area contributed by atoms with E-state index >= 15 is 0 Å². The Morgan fingerprint density at radius 1 is 1.16 bits per heavy atom. The molecule has 0 radical (unpaired) electrons. The molecule has 0 aromatic heterocycles. The maximum Gasteiger partial charge on any atom is 0.272 e. The lowest BCUT2D eigenvalue weighted by Gasteiger charge is -2.10. The number of nitrogens with zero attached hydrogens (tertiary/aromatic N) is 1. The third kappa shape index (κ3) is 5.34. The molecule has 130 valence electrons. The van der Waals surface area contributed by atoms with Gasteiger partial charge in [0.15, 0.2) is 6.61 Å². The maximum atomic E-state index is 12.1. The fraction of sp³-hybridized carbons (Fsp3) is 0.0667. The van der Waals surface area contributed by atoms with Gasteiger partial charge in [-0.05, 0) is 42.5 Å². The lowest BCUT2D eigenvalue weighted by atomic mass is 10.2. The van der Waals surface area contributed by atoms with Crippen LogP contribution < -0.4 is 15.0 Å². The Balaban J connectivity index is 1.92. The monoisotopic (exact) mass is 399 g/mol. The zero-order chi connectivity index (χ0) is 18.4. The minimum Gasteiger partial charge on any atom is -0.484 e. The highest BCUT2D eigenvalue weighted by Gasteiger charge is 2.19. The van der Waals surface area contributed by atoms with Crippen LogP contribution in [0.25, 0.3) is 0 Å². The molecule has 0 bridgehead atoms. The average molecular weight is 400 g/mol. The first-order chi connectivity index (χ1) is 11.8. The van der Waals surface area contributed by atoms with Gasteiger partial charge >= 0.3 is 0 Å². The van der Waals surface area contributed by atoms with Gasteiger partial charge in [-0.15, -0.1) is 4.83 Å². The molecule has 1 amide bonds. The molecule has 0 aliphatic heterocycles. The summed E-state index contributed by atoms with van der Waals surface area (Å²) in [6, 6.07) is 12.0. The van der Waals surface area contributed by atoms with Gasteiger partial charge < -0.3 is 4.74 Å². The van der Waals surface area contributed by atoms with Crippen molar-refractivity contribution >= 4 is 39.1 Å².